The molecule has 1 amide bonds. The predicted molar refractivity (Wildman–Crippen MR) is 74.1 cm³/mol. The lowest BCUT2D eigenvalue weighted by molar-refractivity contribution is -0.122. The van der Waals surface area contributed by atoms with Crippen molar-refractivity contribution in [1.82, 2.24) is 15.5 Å². The van der Waals surface area contributed by atoms with Crippen LogP contribution in [-0.2, 0) is 20.8 Å². The number of nitrogens with one attached hydrogen (secondary N) is 1. The molecule has 21 heavy (non-hydrogen) atoms. The summed E-state index contributed by atoms with van der Waals surface area (Å²) >= 11 is 1.51. The van der Waals surface area contributed by atoms with E-state index >= 15 is 0 Å². The number of ether oxygens (including phenoxy) is 2. The second-order valence-electron chi connectivity index (χ2n) is 4.26. The molecule has 0 atom stereocenters. The smallest absolute Gasteiger partial charge is 0.290 e. The number of aromatic nitrogens is 2. The number of hydrogen-bond donors (Lipinski definition) is 1. The van der Waals surface area contributed by atoms with Crippen LogP contribution in [0.15, 0.2) is 33.6 Å². The van der Waals surface area contributed by atoms with Crippen molar-refractivity contribution in [2.24, 2.45) is 0 Å². The minimum absolute atomic E-state index is 0.161. The van der Waals surface area contributed by atoms with Gasteiger partial charge in [-0.15, -0.1) is 11.3 Å². The third-order valence-corrected chi connectivity index (χ3v) is 3.64. The Labute approximate surface area is 124 Å². The SMILES string of the molecule is CC1=C(C(=O)NCc2noc(-c3cccs3)n2)OCCO1. The minimum Gasteiger partial charge on any atom is -0.491 e. The Morgan fingerprint density at radius 3 is 3.05 bits per heavy atom. The molecule has 2 aromatic heterocycles. The Bertz CT molecular complexity index is 663. The Morgan fingerprint density at radius 2 is 2.29 bits per heavy atom. The fourth-order valence-corrected chi connectivity index (χ4v) is 2.44. The van der Waals surface area contributed by atoms with E-state index in [1.54, 1.807) is 6.92 Å². The lowest BCUT2D eigenvalue weighted by atomic mass is 10.3. The average Bonchev–Trinajstić information content (AvgIpc) is 3.16. The van der Waals surface area contributed by atoms with Crippen molar-refractivity contribution in [1.29, 1.82) is 0 Å². The van der Waals surface area contributed by atoms with Crippen LogP contribution >= 0.6 is 11.3 Å². The third kappa shape index (κ3) is 3.05. The van der Waals surface area contributed by atoms with E-state index < -0.39 is 0 Å². The summed E-state index contributed by atoms with van der Waals surface area (Å²) in [4.78, 5) is 17.1. The van der Waals surface area contributed by atoms with E-state index in [0.717, 1.165) is 4.88 Å². The van der Waals surface area contributed by atoms with Gasteiger partial charge in [0, 0.05) is 0 Å². The van der Waals surface area contributed by atoms with Crippen LogP contribution in [-0.4, -0.2) is 29.3 Å². The minimum atomic E-state index is -0.352. The number of nitrogens with zero attached hydrogens (tertiary/aromatic N) is 2. The lowest BCUT2D eigenvalue weighted by Gasteiger charge is -2.18. The van der Waals surface area contributed by atoms with Gasteiger partial charge in [0.1, 0.15) is 19.0 Å². The molecule has 1 aliphatic rings. The van der Waals surface area contributed by atoms with E-state index in [2.05, 4.69) is 15.5 Å². The summed E-state index contributed by atoms with van der Waals surface area (Å²) in [7, 11) is 0. The van der Waals surface area contributed by atoms with Gasteiger partial charge in [-0.2, -0.15) is 4.98 Å². The molecule has 110 valence electrons. The van der Waals surface area contributed by atoms with Gasteiger partial charge in [-0.25, -0.2) is 0 Å². The van der Waals surface area contributed by atoms with E-state index in [-0.39, 0.29) is 18.2 Å². The monoisotopic (exact) mass is 307 g/mol. The van der Waals surface area contributed by atoms with Gasteiger partial charge in [-0.05, 0) is 18.4 Å². The molecular formula is C13H13N3O4S. The summed E-state index contributed by atoms with van der Waals surface area (Å²) < 4.78 is 15.7. The summed E-state index contributed by atoms with van der Waals surface area (Å²) in [5, 5.41) is 8.43. The number of hydrogen-bond acceptors (Lipinski definition) is 7. The predicted octanol–water partition coefficient (Wildman–Crippen LogP) is 1.69. The second-order valence-corrected chi connectivity index (χ2v) is 5.21. The Hall–Kier alpha value is -2.35. The molecule has 1 N–H and O–H groups in total. The van der Waals surface area contributed by atoms with Gasteiger partial charge >= 0.3 is 0 Å². The highest BCUT2D eigenvalue weighted by molar-refractivity contribution is 7.13. The van der Waals surface area contributed by atoms with E-state index in [0.29, 0.717) is 30.7 Å². The first-order valence-corrected chi connectivity index (χ1v) is 7.23. The van der Waals surface area contributed by atoms with E-state index in [9.17, 15) is 4.79 Å². The quantitative estimate of drug-likeness (QED) is 0.925. The van der Waals surface area contributed by atoms with Gasteiger partial charge in [0.15, 0.2) is 5.82 Å². The second kappa shape index (κ2) is 5.96. The van der Waals surface area contributed by atoms with Crippen LogP contribution in [0.5, 0.6) is 0 Å². The maximum Gasteiger partial charge on any atom is 0.290 e. The van der Waals surface area contributed by atoms with Crippen LogP contribution in [0.3, 0.4) is 0 Å². The molecular weight excluding hydrogens is 294 g/mol. The topological polar surface area (TPSA) is 86.5 Å². The molecule has 3 rings (SSSR count). The van der Waals surface area contributed by atoms with E-state index in [1.165, 1.54) is 11.3 Å². The third-order valence-electron chi connectivity index (χ3n) is 2.78. The molecule has 0 radical (unpaired) electrons. The fourth-order valence-electron chi connectivity index (χ4n) is 1.80. The molecule has 0 aliphatic carbocycles. The fraction of sp³-hybridized carbons (Fsp3) is 0.308. The zero-order valence-corrected chi connectivity index (χ0v) is 12.1. The van der Waals surface area contributed by atoms with Gasteiger partial charge in [-0.3, -0.25) is 4.79 Å². The van der Waals surface area contributed by atoms with Crippen LogP contribution in [0.2, 0.25) is 0 Å². The summed E-state index contributed by atoms with van der Waals surface area (Å²) in [6, 6.07) is 3.79. The standard InChI is InChI=1S/C13H13N3O4S/c1-8-11(19-5-4-18-8)12(17)14-7-10-15-13(20-16-10)9-3-2-6-21-9/h2-3,6H,4-5,7H2,1H3,(H,14,17). The van der Waals surface area contributed by atoms with Gasteiger partial charge in [0.2, 0.25) is 5.76 Å². The molecule has 0 bridgehead atoms. The molecule has 0 unspecified atom stereocenters. The highest BCUT2D eigenvalue weighted by Crippen LogP contribution is 2.22. The summed E-state index contributed by atoms with van der Waals surface area (Å²) in [6.07, 6.45) is 0. The molecule has 0 saturated carbocycles. The molecule has 8 heteroatoms. The maximum atomic E-state index is 12.0. The first kappa shape index (κ1) is 13.6. The molecule has 0 aromatic carbocycles. The van der Waals surface area contributed by atoms with Crippen molar-refractivity contribution in [3.8, 4) is 10.8 Å². The largest absolute Gasteiger partial charge is 0.491 e. The van der Waals surface area contributed by atoms with Crippen molar-refractivity contribution < 1.29 is 18.8 Å². The van der Waals surface area contributed by atoms with Gasteiger partial charge in [0.25, 0.3) is 11.8 Å². The molecule has 7 nitrogen and oxygen atoms in total. The first-order valence-electron chi connectivity index (χ1n) is 6.35. The van der Waals surface area contributed by atoms with Crippen molar-refractivity contribution in [2.45, 2.75) is 13.5 Å². The number of thiophene rings is 1. The normalized spacial score (nSPS) is 14.5. The molecule has 1 aliphatic heterocycles. The van der Waals surface area contributed by atoms with Crippen molar-refractivity contribution in [3.05, 3.63) is 34.9 Å². The van der Waals surface area contributed by atoms with Crippen LogP contribution in [0, 0.1) is 0 Å². The number of amides is 1. The molecule has 0 fully saturated rings. The average molecular weight is 307 g/mol. The Morgan fingerprint density at radius 1 is 1.43 bits per heavy atom. The van der Waals surface area contributed by atoms with E-state index in [1.807, 2.05) is 17.5 Å². The first-order chi connectivity index (χ1) is 10.2. The zero-order chi connectivity index (χ0) is 14.7. The molecule has 2 aromatic rings. The van der Waals surface area contributed by atoms with Gasteiger partial charge < -0.3 is 19.3 Å². The molecule has 0 saturated heterocycles. The van der Waals surface area contributed by atoms with Crippen LogP contribution in [0.25, 0.3) is 10.8 Å². The summed E-state index contributed by atoms with van der Waals surface area (Å²) in [6.45, 7) is 2.67. The van der Waals surface area contributed by atoms with Gasteiger partial charge in [-0.1, -0.05) is 11.2 Å². The zero-order valence-electron chi connectivity index (χ0n) is 11.3. The van der Waals surface area contributed by atoms with Crippen LogP contribution < -0.4 is 5.32 Å². The number of carbonyl (C=O) groups is 1. The van der Waals surface area contributed by atoms with Crippen molar-refractivity contribution in [2.75, 3.05) is 13.2 Å². The Balaban J connectivity index is 1.62. The maximum absolute atomic E-state index is 12.0. The van der Waals surface area contributed by atoms with Crippen LogP contribution in [0.1, 0.15) is 12.7 Å². The number of carbonyl (C=O) groups excluding carboxylic acids is 1. The van der Waals surface area contributed by atoms with Crippen molar-refractivity contribution in [3.63, 3.8) is 0 Å². The highest BCUT2D eigenvalue weighted by Gasteiger charge is 2.20. The molecule has 0 spiro atoms. The number of allylic oxidation sites excluding steroid dienone is 1. The highest BCUT2D eigenvalue weighted by atomic mass is 32.1. The van der Waals surface area contributed by atoms with Gasteiger partial charge in [0.05, 0.1) is 11.4 Å². The Kier molecular flexibility index (Phi) is 3.87. The summed E-state index contributed by atoms with van der Waals surface area (Å²) in [5.41, 5.74) is 0. The summed E-state index contributed by atoms with van der Waals surface area (Å²) in [5.74, 6) is 1.17. The van der Waals surface area contributed by atoms with Crippen molar-refractivity contribution >= 4 is 17.2 Å². The molecule has 3 heterocycles. The van der Waals surface area contributed by atoms with Crippen LogP contribution in [0.4, 0.5) is 0 Å². The lowest BCUT2D eigenvalue weighted by Crippen LogP contribution is -2.29. The van der Waals surface area contributed by atoms with E-state index in [4.69, 9.17) is 14.0 Å². The number of rotatable bonds is 4.